The molecule has 0 bridgehead atoms. The predicted octanol–water partition coefficient (Wildman–Crippen LogP) is 1.09. The van der Waals surface area contributed by atoms with Crippen molar-refractivity contribution in [2.45, 2.75) is 19.8 Å². The first-order valence-electron chi connectivity index (χ1n) is 7.92. The molecule has 0 saturated heterocycles. The second kappa shape index (κ2) is 19.8. The van der Waals surface area contributed by atoms with Crippen molar-refractivity contribution in [3.05, 3.63) is 0 Å². The molecule has 21 heavy (non-hydrogen) atoms. The molecule has 1 N–H and O–H groups in total. The molecule has 0 heterocycles. The van der Waals surface area contributed by atoms with Gasteiger partial charge in [-0.25, -0.2) is 0 Å². The summed E-state index contributed by atoms with van der Waals surface area (Å²) in [5.74, 6) is 0. The summed E-state index contributed by atoms with van der Waals surface area (Å²) in [5, 5.41) is 3.34. The Kier molecular flexibility index (Phi) is 19.5. The maximum Gasteiger partial charge on any atom is 0.0701 e. The number of nitrogens with one attached hydrogen (secondary N) is 1. The number of ether oxygens (including phenoxy) is 5. The van der Waals surface area contributed by atoms with Gasteiger partial charge in [0.25, 0.3) is 0 Å². The lowest BCUT2D eigenvalue weighted by Gasteiger charge is -2.07. The van der Waals surface area contributed by atoms with Crippen LogP contribution in [0.15, 0.2) is 0 Å². The molecule has 0 unspecified atom stereocenters. The van der Waals surface area contributed by atoms with E-state index < -0.39 is 0 Å². The predicted molar refractivity (Wildman–Crippen MR) is 82.9 cm³/mol. The zero-order valence-corrected chi connectivity index (χ0v) is 13.7. The van der Waals surface area contributed by atoms with E-state index in [9.17, 15) is 0 Å². The van der Waals surface area contributed by atoms with E-state index in [1.54, 1.807) is 7.11 Å². The van der Waals surface area contributed by atoms with Crippen LogP contribution in [-0.2, 0) is 23.7 Å². The van der Waals surface area contributed by atoms with Crippen molar-refractivity contribution in [1.82, 2.24) is 5.32 Å². The molecule has 6 heteroatoms. The van der Waals surface area contributed by atoms with Crippen LogP contribution in [0.4, 0.5) is 0 Å². The number of rotatable bonds is 18. The van der Waals surface area contributed by atoms with Gasteiger partial charge in [0.1, 0.15) is 0 Å². The fourth-order valence-corrected chi connectivity index (χ4v) is 1.55. The molecule has 128 valence electrons. The lowest BCUT2D eigenvalue weighted by molar-refractivity contribution is 0.00410. The van der Waals surface area contributed by atoms with Gasteiger partial charge in [-0.15, -0.1) is 0 Å². The summed E-state index contributed by atoms with van der Waals surface area (Å²) >= 11 is 0. The minimum atomic E-state index is 0.602. The highest BCUT2D eigenvalue weighted by Crippen LogP contribution is 1.88. The molecule has 0 aromatic heterocycles. The quantitative estimate of drug-likeness (QED) is 0.383. The van der Waals surface area contributed by atoms with E-state index in [4.69, 9.17) is 23.7 Å². The Morgan fingerprint density at radius 2 is 1.24 bits per heavy atom. The molecule has 0 saturated carbocycles. The molecule has 0 amide bonds. The highest BCUT2D eigenvalue weighted by molar-refractivity contribution is 4.47. The molecule has 0 aliphatic heterocycles. The minimum Gasteiger partial charge on any atom is -0.382 e. The molecule has 0 atom stereocenters. The Hall–Kier alpha value is -0.240. The van der Waals surface area contributed by atoms with E-state index in [2.05, 4.69) is 5.32 Å². The van der Waals surface area contributed by atoms with Gasteiger partial charge in [-0.05, 0) is 26.3 Å². The topological polar surface area (TPSA) is 58.2 Å². The average Bonchev–Trinajstić information content (AvgIpc) is 2.50. The smallest absolute Gasteiger partial charge is 0.0701 e. The first-order chi connectivity index (χ1) is 10.4. The first kappa shape index (κ1) is 20.8. The standard InChI is InChI=1S/C15H33NO5/c1-3-18-8-5-4-6-16-7-9-19-12-13-21-15-14-20-11-10-17-2/h16H,3-15H2,1-2H3. The number of methoxy groups -OCH3 is 1. The monoisotopic (exact) mass is 307 g/mol. The van der Waals surface area contributed by atoms with Gasteiger partial charge in [0.05, 0.1) is 46.2 Å². The number of hydrogen-bond donors (Lipinski definition) is 1. The third-order valence-corrected chi connectivity index (χ3v) is 2.70. The summed E-state index contributed by atoms with van der Waals surface area (Å²) in [6.07, 6.45) is 2.26. The lowest BCUT2D eigenvalue weighted by Crippen LogP contribution is -2.22. The van der Waals surface area contributed by atoms with Crippen molar-refractivity contribution in [3.63, 3.8) is 0 Å². The van der Waals surface area contributed by atoms with E-state index in [1.807, 2.05) is 6.92 Å². The van der Waals surface area contributed by atoms with Crippen molar-refractivity contribution in [1.29, 1.82) is 0 Å². The Labute approximate surface area is 129 Å². The maximum absolute atomic E-state index is 5.45. The van der Waals surface area contributed by atoms with Gasteiger partial charge in [0.15, 0.2) is 0 Å². The van der Waals surface area contributed by atoms with Crippen molar-refractivity contribution in [3.8, 4) is 0 Å². The van der Waals surface area contributed by atoms with Crippen molar-refractivity contribution in [2.75, 3.05) is 79.7 Å². The molecule has 6 nitrogen and oxygen atoms in total. The zero-order valence-electron chi connectivity index (χ0n) is 13.7. The summed E-state index contributed by atoms with van der Waals surface area (Å²) in [7, 11) is 1.66. The third-order valence-electron chi connectivity index (χ3n) is 2.70. The van der Waals surface area contributed by atoms with Crippen LogP contribution >= 0.6 is 0 Å². The van der Waals surface area contributed by atoms with Crippen LogP contribution in [0.3, 0.4) is 0 Å². The zero-order chi connectivity index (χ0) is 15.4. The van der Waals surface area contributed by atoms with Crippen molar-refractivity contribution >= 4 is 0 Å². The van der Waals surface area contributed by atoms with Gasteiger partial charge >= 0.3 is 0 Å². The summed E-state index contributed by atoms with van der Waals surface area (Å²) in [4.78, 5) is 0. The van der Waals surface area contributed by atoms with Gasteiger partial charge in [0.2, 0.25) is 0 Å². The number of unbranched alkanes of at least 4 members (excludes halogenated alkanes) is 1. The van der Waals surface area contributed by atoms with E-state index >= 15 is 0 Å². The average molecular weight is 307 g/mol. The van der Waals surface area contributed by atoms with Crippen LogP contribution in [0, 0.1) is 0 Å². The molecule has 0 aliphatic rings. The van der Waals surface area contributed by atoms with Crippen LogP contribution in [-0.4, -0.2) is 79.7 Å². The SMILES string of the molecule is CCOCCCCNCCOCCOCCOCCOC. The first-order valence-corrected chi connectivity index (χ1v) is 7.92. The second-order valence-electron chi connectivity index (χ2n) is 4.48. The molecule has 0 aromatic carbocycles. The molecule has 0 rings (SSSR count). The Morgan fingerprint density at radius 1 is 0.619 bits per heavy atom. The van der Waals surface area contributed by atoms with Gasteiger partial charge in [-0.2, -0.15) is 0 Å². The fraction of sp³-hybridized carbons (Fsp3) is 1.00. The molecular formula is C15H33NO5. The molecular weight excluding hydrogens is 274 g/mol. The minimum absolute atomic E-state index is 0.602. The van der Waals surface area contributed by atoms with Crippen LogP contribution in [0.2, 0.25) is 0 Å². The Balaban J connectivity index is 2.90. The summed E-state index contributed by atoms with van der Waals surface area (Å²) < 4.78 is 26.2. The summed E-state index contributed by atoms with van der Waals surface area (Å²) in [6.45, 7) is 10.0. The molecule has 0 aromatic rings. The highest BCUT2D eigenvalue weighted by atomic mass is 16.6. The van der Waals surface area contributed by atoms with Gasteiger partial charge < -0.3 is 29.0 Å². The van der Waals surface area contributed by atoms with Crippen molar-refractivity contribution < 1.29 is 23.7 Å². The number of hydrogen-bond acceptors (Lipinski definition) is 6. The van der Waals surface area contributed by atoms with Crippen LogP contribution in [0.25, 0.3) is 0 Å². The highest BCUT2D eigenvalue weighted by Gasteiger charge is 1.93. The summed E-state index contributed by atoms with van der Waals surface area (Å²) in [5.41, 5.74) is 0. The lowest BCUT2D eigenvalue weighted by atomic mass is 10.3. The van der Waals surface area contributed by atoms with Crippen LogP contribution in [0.1, 0.15) is 19.8 Å². The van der Waals surface area contributed by atoms with Gasteiger partial charge in [0, 0.05) is 26.9 Å². The van der Waals surface area contributed by atoms with Gasteiger partial charge in [-0.1, -0.05) is 0 Å². The molecule has 0 aliphatic carbocycles. The molecule has 0 fully saturated rings. The third kappa shape index (κ3) is 19.8. The molecule has 0 radical (unpaired) electrons. The van der Waals surface area contributed by atoms with Crippen LogP contribution < -0.4 is 5.32 Å². The maximum atomic E-state index is 5.45. The normalized spacial score (nSPS) is 11.1. The Bertz CT molecular complexity index is 165. The largest absolute Gasteiger partial charge is 0.382 e. The second-order valence-corrected chi connectivity index (χ2v) is 4.48. The van der Waals surface area contributed by atoms with E-state index in [1.165, 1.54) is 0 Å². The van der Waals surface area contributed by atoms with E-state index in [0.29, 0.717) is 39.6 Å². The van der Waals surface area contributed by atoms with Gasteiger partial charge in [-0.3, -0.25) is 0 Å². The van der Waals surface area contributed by atoms with Crippen LogP contribution in [0.5, 0.6) is 0 Å². The van der Waals surface area contributed by atoms with E-state index in [0.717, 1.165) is 45.8 Å². The van der Waals surface area contributed by atoms with Crippen molar-refractivity contribution in [2.24, 2.45) is 0 Å². The fourth-order valence-electron chi connectivity index (χ4n) is 1.55. The Morgan fingerprint density at radius 3 is 1.86 bits per heavy atom. The summed E-state index contributed by atoms with van der Waals surface area (Å²) in [6, 6.07) is 0. The van der Waals surface area contributed by atoms with E-state index in [-0.39, 0.29) is 0 Å². The molecule has 0 spiro atoms.